The Morgan fingerprint density at radius 1 is 1.09 bits per heavy atom. The van der Waals surface area contributed by atoms with Crippen molar-refractivity contribution in [3.8, 4) is 0 Å². The Kier molecular flexibility index (Phi) is 5.87. The van der Waals surface area contributed by atoms with E-state index in [-0.39, 0.29) is 28.7 Å². The number of aromatic amines is 1. The third-order valence-corrected chi connectivity index (χ3v) is 8.00. The summed E-state index contributed by atoms with van der Waals surface area (Å²) in [5.74, 6) is 0. The predicted octanol–water partition coefficient (Wildman–Crippen LogP) is 4.19. The van der Waals surface area contributed by atoms with Crippen LogP contribution in [0.5, 0.6) is 0 Å². The number of aryl methyl sites for hydroxylation is 2. The average Bonchev–Trinajstić information content (AvgIpc) is 3.27. The second-order valence-electron chi connectivity index (χ2n) is 8.41. The Morgan fingerprint density at radius 3 is 2.38 bits per heavy atom. The minimum atomic E-state index is -3.95. The summed E-state index contributed by atoms with van der Waals surface area (Å²) in [7, 11) is -3.95. The van der Waals surface area contributed by atoms with Crippen LogP contribution in [0.4, 0.5) is 5.69 Å². The van der Waals surface area contributed by atoms with Crippen molar-refractivity contribution in [1.82, 2.24) is 9.29 Å². The number of nitro groups is 1. The number of nitrogens with zero attached hydrogens (tertiary/aromatic N) is 2. The molecule has 32 heavy (non-hydrogen) atoms. The Bertz CT molecular complexity index is 1340. The highest BCUT2D eigenvalue weighted by Gasteiger charge is 2.34. The van der Waals surface area contributed by atoms with Crippen molar-refractivity contribution in [3.63, 3.8) is 0 Å². The van der Waals surface area contributed by atoms with Crippen molar-refractivity contribution in [2.24, 2.45) is 0 Å². The lowest BCUT2D eigenvalue weighted by Crippen LogP contribution is -2.39. The van der Waals surface area contributed by atoms with Gasteiger partial charge < -0.3 is 4.98 Å². The van der Waals surface area contributed by atoms with Crippen molar-refractivity contribution in [2.45, 2.75) is 57.0 Å². The van der Waals surface area contributed by atoms with Gasteiger partial charge in [-0.3, -0.25) is 14.9 Å². The molecule has 0 bridgehead atoms. The quantitative estimate of drug-likeness (QED) is 0.442. The summed E-state index contributed by atoms with van der Waals surface area (Å²) >= 11 is 0. The first kappa shape index (κ1) is 22.2. The van der Waals surface area contributed by atoms with Crippen molar-refractivity contribution in [2.75, 3.05) is 0 Å². The average molecular weight is 456 g/mol. The number of sulfonamides is 1. The lowest BCUT2D eigenvalue weighted by atomic mass is 10.1. The monoisotopic (exact) mass is 455 g/mol. The van der Waals surface area contributed by atoms with E-state index >= 15 is 0 Å². The van der Waals surface area contributed by atoms with Gasteiger partial charge in [0.15, 0.2) is 0 Å². The molecular weight excluding hydrogens is 430 g/mol. The largest absolute Gasteiger partial charge is 0.321 e. The highest BCUT2D eigenvalue weighted by Crippen LogP contribution is 2.31. The van der Waals surface area contributed by atoms with Gasteiger partial charge in [-0.2, -0.15) is 4.31 Å². The number of non-ortho nitro benzene ring substituents is 1. The summed E-state index contributed by atoms with van der Waals surface area (Å²) in [6.45, 7) is 3.85. The van der Waals surface area contributed by atoms with E-state index < -0.39 is 14.9 Å². The van der Waals surface area contributed by atoms with Gasteiger partial charge in [0, 0.05) is 30.3 Å². The van der Waals surface area contributed by atoms with Gasteiger partial charge in [0.05, 0.1) is 15.3 Å². The SMILES string of the molecule is Cc1cc(C)c2[nH]c(=O)c(CN(C3CCCC3)S(=O)(=O)c3ccc([N+](=O)[O-])cc3)cc2c1. The van der Waals surface area contributed by atoms with Crippen LogP contribution in [0.25, 0.3) is 10.9 Å². The van der Waals surface area contributed by atoms with Gasteiger partial charge in [0.25, 0.3) is 11.2 Å². The highest BCUT2D eigenvalue weighted by atomic mass is 32.2. The van der Waals surface area contributed by atoms with Crippen LogP contribution in [-0.2, 0) is 16.6 Å². The molecule has 1 aromatic heterocycles. The van der Waals surface area contributed by atoms with Gasteiger partial charge in [0.1, 0.15) is 0 Å². The number of rotatable bonds is 6. The topological polar surface area (TPSA) is 113 Å². The molecule has 1 N–H and O–H groups in total. The number of H-pyrrole nitrogens is 1. The normalized spacial score (nSPS) is 15.0. The highest BCUT2D eigenvalue weighted by molar-refractivity contribution is 7.89. The van der Waals surface area contributed by atoms with Crippen LogP contribution < -0.4 is 5.56 Å². The van der Waals surface area contributed by atoms with Crippen LogP contribution in [-0.4, -0.2) is 28.7 Å². The molecule has 1 fully saturated rings. The molecule has 1 saturated carbocycles. The fraction of sp³-hybridized carbons (Fsp3) is 0.348. The lowest BCUT2D eigenvalue weighted by Gasteiger charge is -2.28. The first-order chi connectivity index (χ1) is 15.2. The van der Waals surface area contributed by atoms with Crippen LogP contribution in [0.1, 0.15) is 42.4 Å². The maximum Gasteiger partial charge on any atom is 0.269 e. The maximum atomic E-state index is 13.5. The molecule has 0 saturated heterocycles. The van der Waals surface area contributed by atoms with Crippen LogP contribution >= 0.6 is 0 Å². The number of hydrogen-bond donors (Lipinski definition) is 1. The van der Waals surface area contributed by atoms with Gasteiger partial charge in [-0.15, -0.1) is 0 Å². The molecule has 1 aliphatic carbocycles. The smallest absolute Gasteiger partial charge is 0.269 e. The van der Waals surface area contributed by atoms with E-state index in [0.717, 1.165) is 47.7 Å². The number of hydrogen-bond acceptors (Lipinski definition) is 5. The molecule has 8 nitrogen and oxygen atoms in total. The molecule has 2 aromatic carbocycles. The van der Waals surface area contributed by atoms with Crippen molar-refractivity contribution in [1.29, 1.82) is 0 Å². The fourth-order valence-electron chi connectivity index (χ4n) is 4.50. The molecule has 168 valence electrons. The summed E-state index contributed by atoms with van der Waals surface area (Å²) < 4.78 is 28.5. The van der Waals surface area contributed by atoms with Crippen molar-refractivity contribution >= 4 is 26.6 Å². The number of pyridine rings is 1. The van der Waals surface area contributed by atoms with E-state index in [1.54, 1.807) is 6.07 Å². The number of nitrogens with one attached hydrogen (secondary N) is 1. The zero-order valence-corrected chi connectivity index (χ0v) is 18.8. The zero-order valence-electron chi connectivity index (χ0n) is 18.0. The molecule has 0 spiro atoms. The summed E-state index contributed by atoms with van der Waals surface area (Å²) in [6, 6.07) is 10.4. The van der Waals surface area contributed by atoms with E-state index in [4.69, 9.17) is 0 Å². The molecule has 0 amide bonds. The van der Waals surface area contributed by atoms with Gasteiger partial charge in [-0.1, -0.05) is 24.5 Å². The molecule has 3 aromatic rings. The predicted molar refractivity (Wildman–Crippen MR) is 122 cm³/mol. The minimum Gasteiger partial charge on any atom is -0.321 e. The third-order valence-electron chi connectivity index (χ3n) is 6.08. The summed E-state index contributed by atoms with van der Waals surface area (Å²) in [6.07, 6.45) is 3.28. The van der Waals surface area contributed by atoms with E-state index in [9.17, 15) is 23.3 Å². The molecule has 0 atom stereocenters. The molecule has 4 rings (SSSR count). The van der Waals surface area contributed by atoms with E-state index in [2.05, 4.69) is 4.98 Å². The molecule has 1 aliphatic rings. The zero-order chi connectivity index (χ0) is 23.0. The fourth-order valence-corrected chi connectivity index (χ4v) is 6.16. The summed E-state index contributed by atoms with van der Waals surface area (Å²) in [4.78, 5) is 26.1. The standard InChI is InChI=1S/C23H25N3O5S/c1-15-11-16(2)22-17(12-15)13-18(23(27)24-22)14-25(19-5-3-4-6-19)32(30,31)21-9-7-20(8-10-21)26(28)29/h7-13,19H,3-6,14H2,1-2H3,(H,24,27). The van der Waals surface area contributed by atoms with Crippen LogP contribution in [0, 0.1) is 24.0 Å². The molecule has 0 aliphatic heterocycles. The third kappa shape index (κ3) is 4.18. The van der Waals surface area contributed by atoms with Gasteiger partial charge in [-0.05, 0) is 61.9 Å². The van der Waals surface area contributed by atoms with Gasteiger partial charge in [-0.25, -0.2) is 8.42 Å². The second kappa shape index (κ2) is 8.48. The number of fused-ring (bicyclic) bond motifs is 1. The molecule has 0 radical (unpaired) electrons. The lowest BCUT2D eigenvalue weighted by molar-refractivity contribution is -0.384. The van der Waals surface area contributed by atoms with Gasteiger partial charge in [0.2, 0.25) is 10.0 Å². The number of aromatic nitrogens is 1. The summed E-state index contributed by atoms with van der Waals surface area (Å²) in [5.41, 5.74) is 2.64. The van der Waals surface area contributed by atoms with E-state index in [0.29, 0.717) is 5.56 Å². The summed E-state index contributed by atoms with van der Waals surface area (Å²) in [5, 5.41) is 11.8. The van der Waals surface area contributed by atoms with Crippen LogP contribution in [0.2, 0.25) is 0 Å². The Hall–Kier alpha value is -3.04. The van der Waals surface area contributed by atoms with E-state index in [1.807, 2.05) is 26.0 Å². The first-order valence-electron chi connectivity index (χ1n) is 10.6. The van der Waals surface area contributed by atoms with Crippen LogP contribution in [0.3, 0.4) is 0 Å². The minimum absolute atomic E-state index is 0.0149. The van der Waals surface area contributed by atoms with Crippen molar-refractivity contribution < 1.29 is 13.3 Å². The molecule has 1 heterocycles. The first-order valence-corrected chi connectivity index (χ1v) is 12.0. The number of nitro benzene ring substituents is 1. The van der Waals surface area contributed by atoms with Gasteiger partial charge >= 0.3 is 0 Å². The van der Waals surface area contributed by atoms with Crippen molar-refractivity contribution in [3.05, 3.63) is 79.6 Å². The Labute approximate surface area is 186 Å². The Morgan fingerprint density at radius 2 is 1.75 bits per heavy atom. The number of benzene rings is 2. The molecule has 9 heteroatoms. The molecule has 0 unspecified atom stereocenters. The van der Waals surface area contributed by atoms with E-state index in [1.165, 1.54) is 28.6 Å². The second-order valence-corrected chi connectivity index (χ2v) is 10.3. The van der Waals surface area contributed by atoms with Crippen LogP contribution in [0.15, 0.2) is 52.2 Å². The Balaban J connectivity index is 1.77. The maximum absolute atomic E-state index is 13.5. The molecular formula is C23H25N3O5S.